The molecule has 98 valence electrons. The zero-order valence-electron chi connectivity index (χ0n) is 9.78. The summed E-state index contributed by atoms with van der Waals surface area (Å²) >= 11 is 0. The van der Waals surface area contributed by atoms with E-state index in [1.807, 2.05) is 0 Å². The number of carboxylic acids is 1. The molecule has 0 bridgehead atoms. The fraction of sp³-hybridized carbons (Fsp3) is 0.167. The van der Waals surface area contributed by atoms with E-state index in [4.69, 9.17) is 11.5 Å². The van der Waals surface area contributed by atoms with Gasteiger partial charge in [-0.15, -0.1) is 6.42 Å². The molecule has 0 radical (unpaired) electrons. The number of terminal acetylenes is 1. The molecule has 0 unspecified atom stereocenters. The monoisotopic (exact) mass is 262 g/mol. The van der Waals surface area contributed by atoms with Crippen LogP contribution in [0.2, 0.25) is 0 Å². The molecule has 0 aliphatic carbocycles. The minimum Gasteiger partial charge on any atom is -0.480 e. The van der Waals surface area contributed by atoms with Gasteiger partial charge in [0, 0.05) is 17.7 Å². The number of nitro benzene ring substituents is 1. The van der Waals surface area contributed by atoms with Crippen LogP contribution in [0.5, 0.6) is 0 Å². The normalized spacial score (nSPS) is 9.42. The maximum absolute atomic E-state index is 11.9. The number of carboxylic acid groups (broad SMARTS) is 1. The van der Waals surface area contributed by atoms with E-state index in [2.05, 4.69) is 5.92 Å². The number of rotatable bonds is 5. The minimum absolute atomic E-state index is 0.141. The first-order valence-corrected chi connectivity index (χ1v) is 5.14. The molecule has 19 heavy (non-hydrogen) atoms. The number of nitrogens with zero attached hydrogens (tertiary/aromatic N) is 2. The van der Waals surface area contributed by atoms with Crippen molar-refractivity contribution in [3.05, 3.63) is 39.9 Å². The topological polar surface area (TPSA) is 101 Å². The van der Waals surface area contributed by atoms with Crippen LogP contribution in [0.25, 0.3) is 0 Å². The van der Waals surface area contributed by atoms with E-state index in [9.17, 15) is 19.7 Å². The number of hydrogen-bond donors (Lipinski definition) is 1. The van der Waals surface area contributed by atoms with Gasteiger partial charge in [-0.05, 0) is 12.1 Å². The van der Waals surface area contributed by atoms with E-state index in [0.717, 1.165) is 4.90 Å². The van der Waals surface area contributed by atoms with Gasteiger partial charge in [0.15, 0.2) is 0 Å². The Morgan fingerprint density at radius 2 is 1.95 bits per heavy atom. The number of amides is 1. The second-order valence-electron chi connectivity index (χ2n) is 3.56. The number of carbonyl (C=O) groups excluding carboxylic acids is 1. The second-order valence-corrected chi connectivity index (χ2v) is 3.56. The molecular weight excluding hydrogens is 252 g/mol. The zero-order valence-corrected chi connectivity index (χ0v) is 9.78. The highest BCUT2D eigenvalue weighted by atomic mass is 16.6. The van der Waals surface area contributed by atoms with Gasteiger partial charge in [-0.2, -0.15) is 0 Å². The highest BCUT2D eigenvalue weighted by Crippen LogP contribution is 2.13. The number of carbonyl (C=O) groups is 2. The molecule has 0 saturated carbocycles. The number of aliphatic carboxylic acids is 1. The van der Waals surface area contributed by atoms with Gasteiger partial charge in [0.2, 0.25) is 0 Å². The van der Waals surface area contributed by atoms with Gasteiger partial charge in [-0.3, -0.25) is 19.7 Å². The fourth-order valence-electron chi connectivity index (χ4n) is 1.38. The third kappa shape index (κ3) is 3.81. The van der Waals surface area contributed by atoms with E-state index in [1.54, 1.807) is 0 Å². The molecule has 1 rings (SSSR count). The van der Waals surface area contributed by atoms with Crippen molar-refractivity contribution in [1.29, 1.82) is 0 Å². The molecule has 1 aromatic carbocycles. The van der Waals surface area contributed by atoms with Crippen LogP contribution in [0.15, 0.2) is 24.3 Å². The predicted octanol–water partition coefficient (Wildman–Crippen LogP) is 0.755. The summed E-state index contributed by atoms with van der Waals surface area (Å²) in [7, 11) is 0. The minimum atomic E-state index is -1.19. The van der Waals surface area contributed by atoms with Crippen LogP contribution < -0.4 is 0 Å². The molecule has 7 heteroatoms. The molecule has 0 atom stereocenters. The third-order valence-corrected chi connectivity index (χ3v) is 2.22. The Labute approximate surface area is 108 Å². The molecule has 0 aromatic heterocycles. The van der Waals surface area contributed by atoms with E-state index < -0.39 is 23.3 Å². The lowest BCUT2D eigenvalue weighted by Gasteiger charge is -2.17. The lowest BCUT2D eigenvalue weighted by atomic mass is 10.2. The predicted molar refractivity (Wildman–Crippen MR) is 65.5 cm³/mol. The lowest BCUT2D eigenvalue weighted by Crippen LogP contribution is -2.35. The maximum atomic E-state index is 11.9. The largest absolute Gasteiger partial charge is 0.480 e. The Morgan fingerprint density at radius 3 is 2.37 bits per heavy atom. The molecule has 1 amide bonds. The smallest absolute Gasteiger partial charge is 0.323 e. The molecule has 0 aliphatic heterocycles. The number of non-ortho nitro benzene ring substituents is 1. The van der Waals surface area contributed by atoms with Crippen molar-refractivity contribution in [3.8, 4) is 12.3 Å². The van der Waals surface area contributed by atoms with Crippen LogP contribution in [-0.2, 0) is 4.79 Å². The van der Waals surface area contributed by atoms with Crippen molar-refractivity contribution < 1.29 is 19.6 Å². The van der Waals surface area contributed by atoms with Gasteiger partial charge < -0.3 is 10.0 Å². The van der Waals surface area contributed by atoms with Gasteiger partial charge >= 0.3 is 5.97 Å². The highest BCUT2D eigenvalue weighted by Gasteiger charge is 2.18. The second kappa shape index (κ2) is 6.16. The Hall–Kier alpha value is -2.88. The summed E-state index contributed by atoms with van der Waals surface area (Å²) in [6.45, 7) is -0.678. The van der Waals surface area contributed by atoms with E-state index in [1.165, 1.54) is 24.3 Å². The summed E-state index contributed by atoms with van der Waals surface area (Å²) in [4.78, 5) is 33.4. The fourth-order valence-corrected chi connectivity index (χ4v) is 1.38. The molecule has 1 N–H and O–H groups in total. The van der Waals surface area contributed by atoms with Crippen LogP contribution >= 0.6 is 0 Å². The number of hydrogen-bond acceptors (Lipinski definition) is 4. The number of nitro groups is 1. The van der Waals surface area contributed by atoms with Crippen LogP contribution in [0, 0.1) is 22.5 Å². The van der Waals surface area contributed by atoms with Crippen molar-refractivity contribution in [3.63, 3.8) is 0 Å². The average Bonchev–Trinajstić information content (AvgIpc) is 2.37. The van der Waals surface area contributed by atoms with E-state index >= 15 is 0 Å². The third-order valence-electron chi connectivity index (χ3n) is 2.22. The Morgan fingerprint density at radius 1 is 1.37 bits per heavy atom. The van der Waals surface area contributed by atoms with Crippen molar-refractivity contribution in [2.24, 2.45) is 0 Å². The van der Waals surface area contributed by atoms with Gasteiger partial charge in [0.05, 0.1) is 11.5 Å². The van der Waals surface area contributed by atoms with Crippen molar-refractivity contribution in [2.45, 2.75) is 0 Å². The van der Waals surface area contributed by atoms with Crippen LogP contribution in [0.1, 0.15) is 10.4 Å². The summed E-state index contributed by atoms with van der Waals surface area (Å²) in [5, 5.41) is 19.1. The van der Waals surface area contributed by atoms with Crippen molar-refractivity contribution >= 4 is 17.6 Å². The van der Waals surface area contributed by atoms with Crippen LogP contribution in [-0.4, -0.2) is 39.9 Å². The molecular formula is C12H10N2O5. The van der Waals surface area contributed by atoms with Crippen molar-refractivity contribution in [2.75, 3.05) is 13.1 Å². The Kier molecular flexibility index (Phi) is 4.60. The van der Waals surface area contributed by atoms with Gasteiger partial charge in [-0.25, -0.2) is 0 Å². The molecule has 0 spiro atoms. The Bertz CT molecular complexity index is 544. The standard InChI is InChI=1S/C12H10N2O5/c1-2-7-13(8-11(15)16)12(17)9-3-5-10(6-4-9)14(18)19/h1,3-6H,7-8H2,(H,15,16). The molecule has 0 saturated heterocycles. The van der Waals surface area contributed by atoms with Crippen LogP contribution in [0.4, 0.5) is 5.69 Å². The van der Waals surface area contributed by atoms with E-state index in [0.29, 0.717) is 0 Å². The SMILES string of the molecule is C#CCN(CC(=O)O)C(=O)c1ccc([N+](=O)[O-])cc1. The van der Waals surface area contributed by atoms with Crippen molar-refractivity contribution in [1.82, 2.24) is 4.90 Å². The first-order valence-electron chi connectivity index (χ1n) is 5.14. The zero-order chi connectivity index (χ0) is 14.4. The quantitative estimate of drug-likeness (QED) is 0.479. The molecule has 0 fully saturated rings. The average molecular weight is 262 g/mol. The molecule has 1 aromatic rings. The van der Waals surface area contributed by atoms with Gasteiger partial charge in [0.1, 0.15) is 6.54 Å². The maximum Gasteiger partial charge on any atom is 0.323 e. The summed E-state index contributed by atoms with van der Waals surface area (Å²) in [5.41, 5.74) is -0.0135. The summed E-state index contributed by atoms with van der Waals surface area (Å²) in [6, 6.07) is 4.85. The Balaban J connectivity index is 2.93. The van der Waals surface area contributed by atoms with Crippen LogP contribution in [0.3, 0.4) is 0 Å². The number of benzene rings is 1. The van der Waals surface area contributed by atoms with E-state index in [-0.39, 0.29) is 17.8 Å². The molecule has 7 nitrogen and oxygen atoms in total. The summed E-state index contributed by atoms with van der Waals surface area (Å²) in [6.07, 6.45) is 5.06. The van der Waals surface area contributed by atoms with Gasteiger partial charge in [-0.1, -0.05) is 5.92 Å². The molecule has 0 aliphatic rings. The lowest BCUT2D eigenvalue weighted by molar-refractivity contribution is -0.384. The molecule has 0 heterocycles. The first-order chi connectivity index (χ1) is 8.95. The summed E-state index contributed by atoms with van der Waals surface area (Å²) < 4.78 is 0. The first kappa shape index (κ1) is 14.2. The highest BCUT2D eigenvalue weighted by molar-refractivity contribution is 5.96. The van der Waals surface area contributed by atoms with Gasteiger partial charge in [0.25, 0.3) is 11.6 Å². The summed E-state index contributed by atoms with van der Waals surface area (Å²) in [5.74, 6) is 0.410.